The van der Waals surface area contributed by atoms with Gasteiger partial charge >= 0.3 is 0 Å². The quantitative estimate of drug-likeness (QED) is 0.126. The molecule has 0 spiro atoms. The van der Waals surface area contributed by atoms with Crippen LogP contribution in [-0.4, -0.2) is 64.0 Å². The van der Waals surface area contributed by atoms with Crippen LogP contribution in [0.1, 0.15) is 20.7 Å². The number of imide groups is 1. The highest BCUT2D eigenvalue weighted by Crippen LogP contribution is 2.77. The number of nitro benzene ring substituents is 2. The van der Waals surface area contributed by atoms with Crippen LogP contribution in [-0.2, 0) is 9.59 Å². The number of alkyl halides is 4. The highest BCUT2D eigenvalue weighted by atomic mass is 35.5. The molecule has 0 radical (unpaired) electrons. The lowest BCUT2D eigenvalue weighted by Crippen LogP contribution is -2.56. The average molecular weight is 697 g/mol. The summed E-state index contributed by atoms with van der Waals surface area (Å²) in [5.41, 5.74) is -1.01. The second kappa shape index (κ2) is 10.0. The molecule has 42 heavy (non-hydrogen) atoms. The number of hydrogen-bond acceptors (Lipinski definition) is 8. The van der Waals surface area contributed by atoms with E-state index in [0.29, 0.717) is 10.0 Å². The van der Waals surface area contributed by atoms with Gasteiger partial charge in [-0.15, -0.1) is 23.2 Å². The minimum atomic E-state index is -2.24. The average Bonchev–Trinajstić information content (AvgIpc) is 3.34. The van der Waals surface area contributed by atoms with E-state index in [-0.39, 0.29) is 32.6 Å². The van der Waals surface area contributed by atoms with Gasteiger partial charge in [-0.3, -0.25) is 39.4 Å². The molecule has 1 saturated heterocycles. The van der Waals surface area contributed by atoms with Gasteiger partial charge in [0.1, 0.15) is 16.3 Å². The Morgan fingerprint density at radius 2 is 1.14 bits per heavy atom. The molecule has 2 aliphatic carbocycles. The summed E-state index contributed by atoms with van der Waals surface area (Å²) in [6, 6.07) is 8.48. The Labute approximate surface area is 264 Å². The Hall–Kier alpha value is -3.00. The van der Waals surface area contributed by atoms with Crippen LogP contribution in [0.15, 0.2) is 58.6 Å². The normalized spacial score (nSPS) is 27.3. The monoisotopic (exact) mass is 694 g/mol. The highest BCUT2D eigenvalue weighted by Gasteiger charge is 2.88. The molecule has 5 rings (SSSR count). The van der Waals surface area contributed by atoms with E-state index in [1.54, 1.807) is 0 Å². The van der Waals surface area contributed by atoms with Crippen LogP contribution in [0.4, 0.5) is 11.4 Å². The molecule has 0 aromatic heterocycles. The number of rotatable bonds is 7. The molecule has 1 saturated carbocycles. The number of nitrogens with zero attached hydrogens (tertiary/aromatic N) is 4. The molecule has 2 aromatic rings. The lowest BCUT2D eigenvalue weighted by molar-refractivity contribution is -0.385. The van der Waals surface area contributed by atoms with E-state index in [9.17, 15) is 39.4 Å². The summed E-state index contributed by atoms with van der Waals surface area (Å²) in [7, 11) is 0. The number of fused-ring (bicyclic) bond motifs is 5. The fraction of sp³-hybridized carbons (Fsp3) is 0.250. The third kappa shape index (κ3) is 3.89. The van der Waals surface area contributed by atoms with Crippen molar-refractivity contribution in [3.8, 4) is 0 Å². The maximum Gasteiger partial charge on any atom is 0.273 e. The molecule has 3 aliphatic rings. The van der Waals surface area contributed by atoms with Crippen molar-refractivity contribution in [1.29, 1.82) is 0 Å². The van der Waals surface area contributed by atoms with Gasteiger partial charge in [-0.2, -0.15) is 5.01 Å². The number of nitro groups is 2. The first kappa shape index (κ1) is 30.5. The summed E-state index contributed by atoms with van der Waals surface area (Å²) in [6.45, 7) is -0.934. The predicted octanol–water partition coefficient (Wildman–Crippen LogP) is 5.19. The van der Waals surface area contributed by atoms with Gasteiger partial charge in [0.05, 0.1) is 31.7 Å². The first-order valence-electron chi connectivity index (χ1n) is 11.5. The van der Waals surface area contributed by atoms with Crippen LogP contribution in [0.5, 0.6) is 0 Å². The smallest absolute Gasteiger partial charge is 0.273 e. The van der Waals surface area contributed by atoms with Gasteiger partial charge in [0, 0.05) is 35.4 Å². The fourth-order valence-corrected chi connectivity index (χ4v) is 8.25. The molecule has 12 nitrogen and oxygen atoms in total. The fourth-order valence-electron chi connectivity index (χ4n) is 5.32. The number of carbonyl (C=O) groups is 4. The SMILES string of the molecule is O=C(CN(C(=O)c1ccc([N+](=O)[O-])cc1)N1C(=O)[C@@H]2[C@H](C1=O)[C@@]1(Cl)C(Cl)=C(Cl)[C@@]2(Cl)C1(Cl)Cl)c1ccc([N+](=O)[O-])cc1. The summed E-state index contributed by atoms with van der Waals surface area (Å²) in [4.78, 5) is 71.0. The Morgan fingerprint density at radius 3 is 1.52 bits per heavy atom. The summed E-state index contributed by atoms with van der Waals surface area (Å²) in [5.74, 6) is -7.40. The zero-order valence-corrected chi connectivity index (χ0v) is 24.8. The van der Waals surface area contributed by atoms with E-state index in [1.807, 2.05) is 0 Å². The second-order valence-electron chi connectivity index (χ2n) is 9.46. The number of hydrazine groups is 1. The van der Waals surface area contributed by atoms with E-state index >= 15 is 0 Å². The molecule has 2 fully saturated rings. The molecule has 1 heterocycles. The minimum Gasteiger partial charge on any atom is -0.292 e. The zero-order chi connectivity index (χ0) is 31.1. The van der Waals surface area contributed by atoms with Crippen molar-refractivity contribution in [3.63, 3.8) is 0 Å². The van der Waals surface area contributed by atoms with Crippen LogP contribution < -0.4 is 0 Å². The molecule has 2 bridgehead atoms. The first-order chi connectivity index (χ1) is 19.5. The second-order valence-corrected chi connectivity index (χ2v) is 12.7. The molecule has 0 N–H and O–H groups in total. The largest absolute Gasteiger partial charge is 0.292 e. The Balaban J connectivity index is 1.57. The van der Waals surface area contributed by atoms with E-state index < -0.39 is 65.8 Å². The molecule has 2 aromatic carbocycles. The number of halogens is 6. The molecule has 1 aliphatic heterocycles. The topological polar surface area (TPSA) is 161 Å². The molecule has 218 valence electrons. The molecule has 3 amide bonds. The maximum atomic E-state index is 13.9. The molecular weight excluding hydrogens is 685 g/mol. The van der Waals surface area contributed by atoms with E-state index in [2.05, 4.69) is 0 Å². The van der Waals surface area contributed by atoms with Crippen molar-refractivity contribution in [2.75, 3.05) is 6.54 Å². The highest BCUT2D eigenvalue weighted by molar-refractivity contribution is 6.66. The number of allylic oxidation sites excluding steroid dienone is 2. The number of hydrogen-bond donors (Lipinski definition) is 0. The van der Waals surface area contributed by atoms with Gasteiger partial charge < -0.3 is 0 Å². The van der Waals surface area contributed by atoms with Crippen LogP contribution in [0.2, 0.25) is 0 Å². The minimum absolute atomic E-state index is 0.0997. The van der Waals surface area contributed by atoms with Crippen molar-refractivity contribution in [3.05, 3.63) is 90.0 Å². The molecule has 4 atom stereocenters. The van der Waals surface area contributed by atoms with Crippen molar-refractivity contribution < 1.29 is 29.0 Å². The standard InChI is InChI=1S/C24H12Cl6N4O8/c25-17-18(26)23(28)16-15(22(17,27)24(23,29)30)20(37)32(21(16)38)31(19(36)11-3-7-13(8-4-11)34(41)42)9-14(35)10-1-5-12(6-2-10)33(39)40/h1-8,15-16H,9H2/t15-,16+,22-,23-/m1/s1. The van der Waals surface area contributed by atoms with Gasteiger partial charge in [0.25, 0.3) is 29.1 Å². The van der Waals surface area contributed by atoms with Crippen LogP contribution in [0, 0.1) is 32.1 Å². The Morgan fingerprint density at radius 1 is 0.762 bits per heavy atom. The molecule has 18 heteroatoms. The number of benzene rings is 2. The molecule has 0 unspecified atom stereocenters. The van der Waals surface area contributed by atoms with Crippen molar-refractivity contribution >= 4 is 104 Å². The van der Waals surface area contributed by atoms with Gasteiger partial charge in [-0.05, 0) is 24.3 Å². The predicted molar refractivity (Wildman–Crippen MR) is 151 cm³/mol. The number of ketones is 1. The van der Waals surface area contributed by atoms with E-state index in [4.69, 9.17) is 69.6 Å². The summed E-state index contributed by atoms with van der Waals surface area (Å²) < 4.78 is -2.24. The lowest BCUT2D eigenvalue weighted by Gasteiger charge is -2.36. The van der Waals surface area contributed by atoms with Crippen molar-refractivity contribution in [2.24, 2.45) is 11.8 Å². The van der Waals surface area contributed by atoms with Crippen molar-refractivity contribution in [1.82, 2.24) is 10.0 Å². The number of carbonyl (C=O) groups excluding carboxylic acids is 4. The third-order valence-electron chi connectivity index (χ3n) is 7.38. The van der Waals surface area contributed by atoms with Gasteiger partial charge in [0.15, 0.2) is 10.1 Å². The Kier molecular flexibility index (Phi) is 7.28. The van der Waals surface area contributed by atoms with Crippen LogP contribution in [0.3, 0.4) is 0 Å². The number of Topliss-reactive ketones (excluding diaryl/α,β-unsaturated/α-hetero) is 1. The van der Waals surface area contributed by atoms with Crippen LogP contribution >= 0.6 is 69.6 Å². The number of amides is 3. The first-order valence-corrected chi connectivity index (χ1v) is 13.8. The van der Waals surface area contributed by atoms with Crippen molar-refractivity contribution in [2.45, 2.75) is 14.1 Å². The van der Waals surface area contributed by atoms with Gasteiger partial charge in [-0.1, -0.05) is 46.4 Å². The number of non-ortho nitro benzene ring substituents is 2. The van der Waals surface area contributed by atoms with Gasteiger partial charge in [-0.25, -0.2) is 5.01 Å². The van der Waals surface area contributed by atoms with E-state index in [1.165, 1.54) is 0 Å². The summed E-state index contributed by atoms with van der Waals surface area (Å²) >= 11 is 39.1. The summed E-state index contributed by atoms with van der Waals surface area (Å²) in [5, 5.41) is 22.2. The maximum absolute atomic E-state index is 13.9. The zero-order valence-electron chi connectivity index (χ0n) is 20.3. The van der Waals surface area contributed by atoms with Crippen LogP contribution in [0.25, 0.3) is 0 Å². The summed E-state index contributed by atoms with van der Waals surface area (Å²) in [6.07, 6.45) is 0. The third-order valence-corrected chi connectivity index (χ3v) is 11.6. The lowest BCUT2D eigenvalue weighted by atomic mass is 9.84. The van der Waals surface area contributed by atoms with E-state index in [0.717, 1.165) is 48.5 Å². The molecular formula is C24H12Cl6N4O8. The van der Waals surface area contributed by atoms with Gasteiger partial charge in [0.2, 0.25) is 0 Å². The Bertz CT molecular complexity index is 1600.